The Morgan fingerprint density at radius 1 is 1.02 bits per heavy atom. The van der Waals surface area contributed by atoms with Crippen molar-refractivity contribution in [1.82, 2.24) is 14.7 Å². The fourth-order valence-electron chi connectivity index (χ4n) is 4.38. The lowest BCUT2D eigenvalue weighted by molar-refractivity contribution is -0.142. The summed E-state index contributed by atoms with van der Waals surface area (Å²) in [4.78, 5) is 38.6. The van der Waals surface area contributed by atoms with Gasteiger partial charge in [0.25, 0.3) is 11.8 Å². The van der Waals surface area contributed by atoms with Crippen LogP contribution in [-0.4, -0.2) is 64.9 Å². The Hall–Kier alpha value is -5.01. The molecule has 42 heavy (non-hydrogen) atoms. The van der Waals surface area contributed by atoms with E-state index in [4.69, 9.17) is 19.3 Å². The van der Waals surface area contributed by atoms with Gasteiger partial charge in [0.2, 0.25) is 0 Å². The van der Waals surface area contributed by atoms with E-state index in [2.05, 4.69) is 0 Å². The van der Waals surface area contributed by atoms with Gasteiger partial charge in [0.05, 0.1) is 37.2 Å². The fourth-order valence-corrected chi connectivity index (χ4v) is 4.38. The summed E-state index contributed by atoms with van der Waals surface area (Å²) in [6, 6.07) is 19.0. The normalized spacial score (nSPS) is 14.5. The van der Waals surface area contributed by atoms with Gasteiger partial charge in [-0.25, -0.2) is 4.68 Å². The molecular formula is C32H32N4O6. The predicted molar refractivity (Wildman–Crippen MR) is 155 cm³/mol. The summed E-state index contributed by atoms with van der Waals surface area (Å²) in [5, 5.41) is 14.6. The highest BCUT2D eigenvalue weighted by atomic mass is 16.6. The van der Waals surface area contributed by atoms with E-state index in [1.54, 1.807) is 17.7 Å². The lowest BCUT2D eigenvalue weighted by atomic mass is 9.93. The van der Waals surface area contributed by atoms with E-state index in [9.17, 15) is 19.6 Å². The molecule has 0 fully saturated rings. The third-order valence-corrected chi connectivity index (χ3v) is 6.38. The molecule has 0 saturated carbocycles. The van der Waals surface area contributed by atoms with Crippen LogP contribution in [0.1, 0.15) is 33.3 Å². The second-order valence-corrected chi connectivity index (χ2v) is 9.79. The van der Waals surface area contributed by atoms with E-state index in [0.717, 1.165) is 21.9 Å². The van der Waals surface area contributed by atoms with Gasteiger partial charge >= 0.3 is 5.97 Å². The summed E-state index contributed by atoms with van der Waals surface area (Å²) in [5.74, 6) is -0.926. The van der Waals surface area contributed by atoms with E-state index >= 15 is 0 Å². The maximum atomic E-state index is 13.6. The highest BCUT2D eigenvalue weighted by Crippen LogP contribution is 2.32. The first-order valence-electron chi connectivity index (χ1n) is 13.5. The molecule has 0 unspecified atom stereocenters. The zero-order valence-electron chi connectivity index (χ0n) is 24.0. The van der Waals surface area contributed by atoms with Crippen LogP contribution in [0.3, 0.4) is 0 Å². The third-order valence-electron chi connectivity index (χ3n) is 6.38. The molecule has 2 heterocycles. The van der Waals surface area contributed by atoms with Crippen molar-refractivity contribution in [2.45, 2.75) is 33.8 Å². The van der Waals surface area contributed by atoms with Crippen LogP contribution in [0.25, 0.3) is 23.0 Å². The molecule has 0 spiro atoms. The summed E-state index contributed by atoms with van der Waals surface area (Å²) in [5.41, 5.74) is 3.24. The number of nitriles is 1. The van der Waals surface area contributed by atoms with Crippen LogP contribution in [0, 0.1) is 11.3 Å². The van der Waals surface area contributed by atoms with Crippen molar-refractivity contribution in [1.29, 1.82) is 5.26 Å². The number of hydrogen-bond donors (Lipinski definition) is 0. The summed E-state index contributed by atoms with van der Waals surface area (Å²) in [7, 11) is 0. The number of benzene rings is 2. The minimum atomic E-state index is -0.679. The Morgan fingerprint density at radius 2 is 1.74 bits per heavy atom. The number of rotatable bonds is 11. The average Bonchev–Trinajstić information content (AvgIpc) is 3.39. The quantitative estimate of drug-likeness (QED) is 0.143. The van der Waals surface area contributed by atoms with E-state index in [1.165, 1.54) is 6.92 Å². The summed E-state index contributed by atoms with van der Waals surface area (Å²) in [6.07, 6.45) is 3.50. The molecule has 0 atom stereocenters. The lowest BCUT2D eigenvalue weighted by Gasteiger charge is -2.27. The van der Waals surface area contributed by atoms with E-state index in [0.29, 0.717) is 16.8 Å². The Morgan fingerprint density at radius 3 is 2.38 bits per heavy atom. The zero-order chi connectivity index (χ0) is 30.2. The van der Waals surface area contributed by atoms with Gasteiger partial charge in [-0.3, -0.25) is 19.3 Å². The minimum Gasteiger partial charge on any atom is -0.491 e. The predicted octanol–water partition coefficient (Wildman–Crippen LogP) is 4.50. The van der Waals surface area contributed by atoms with Crippen LogP contribution < -0.4 is 4.74 Å². The number of ether oxygens (including phenoxy) is 3. The second-order valence-electron chi connectivity index (χ2n) is 9.79. The molecule has 0 aliphatic carbocycles. The molecule has 1 aliphatic rings. The number of esters is 1. The number of amides is 2. The van der Waals surface area contributed by atoms with Crippen LogP contribution in [0.5, 0.6) is 5.75 Å². The number of nitrogens with zero attached hydrogens (tertiary/aromatic N) is 4. The molecular weight excluding hydrogens is 536 g/mol. The SMILES string of the molecule is CC(=O)OCCOCCN1C(=O)C(C#N)=C(C)/C(=C\c2cn(-c3ccccc3)nc2-c2ccc(OC(C)C)cc2)C1=O. The van der Waals surface area contributed by atoms with Gasteiger partial charge in [0, 0.05) is 29.8 Å². The van der Waals surface area contributed by atoms with Gasteiger partial charge in [0.1, 0.15) is 24.0 Å². The summed E-state index contributed by atoms with van der Waals surface area (Å²) < 4.78 is 17.8. The summed E-state index contributed by atoms with van der Waals surface area (Å²) >= 11 is 0. The monoisotopic (exact) mass is 568 g/mol. The standard InChI is InChI=1S/C32H32N4O6/c1-21(2)42-27-12-10-24(11-13-27)30-25(20-36(34-30)26-8-6-5-7-9-26)18-28-22(3)29(19-33)32(39)35(31(28)38)14-15-40-16-17-41-23(4)37/h5-13,18,20-21H,14-17H2,1-4H3/b28-18+. The van der Waals surface area contributed by atoms with Gasteiger partial charge in [-0.15, -0.1) is 0 Å². The van der Waals surface area contributed by atoms with Crippen LogP contribution in [0.15, 0.2) is 77.5 Å². The van der Waals surface area contributed by atoms with Crippen molar-refractivity contribution >= 4 is 23.9 Å². The van der Waals surface area contributed by atoms with Crippen molar-refractivity contribution in [2.24, 2.45) is 0 Å². The molecule has 216 valence electrons. The van der Waals surface area contributed by atoms with Crippen LogP contribution in [0.4, 0.5) is 0 Å². The maximum absolute atomic E-state index is 13.6. The Balaban J connectivity index is 1.71. The Kier molecular flexibility index (Phi) is 9.68. The van der Waals surface area contributed by atoms with E-state index in [1.807, 2.05) is 80.7 Å². The third kappa shape index (κ3) is 7.00. The molecule has 2 amide bonds. The molecule has 0 bridgehead atoms. The average molecular weight is 569 g/mol. The van der Waals surface area contributed by atoms with Gasteiger partial charge in [-0.2, -0.15) is 10.4 Å². The van der Waals surface area contributed by atoms with Crippen LogP contribution >= 0.6 is 0 Å². The number of imide groups is 1. The highest BCUT2D eigenvalue weighted by Gasteiger charge is 2.35. The lowest BCUT2D eigenvalue weighted by Crippen LogP contribution is -2.44. The van der Waals surface area contributed by atoms with Gasteiger partial charge in [-0.05, 0) is 68.8 Å². The van der Waals surface area contributed by atoms with Crippen molar-refractivity contribution in [3.63, 3.8) is 0 Å². The fraction of sp³-hybridized carbons (Fsp3) is 0.281. The van der Waals surface area contributed by atoms with Crippen LogP contribution in [-0.2, 0) is 23.9 Å². The number of carbonyl (C=O) groups excluding carboxylic acids is 3. The molecule has 1 aromatic heterocycles. The molecule has 3 aromatic rings. The molecule has 1 aliphatic heterocycles. The number of hydrogen-bond acceptors (Lipinski definition) is 8. The van der Waals surface area contributed by atoms with Gasteiger partial charge in [0.15, 0.2) is 0 Å². The molecule has 0 radical (unpaired) electrons. The molecule has 2 aromatic carbocycles. The maximum Gasteiger partial charge on any atom is 0.302 e. The van der Waals surface area contributed by atoms with Gasteiger partial charge < -0.3 is 14.2 Å². The Labute approximate surface area is 244 Å². The van der Waals surface area contributed by atoms with E-state index in [-0.39, 0.29) is 43.6 Å². The zero-order valence-corrected chi connectivity index (χ0v) is 24.0. The molecule has 0 saturated heterocycles. The minimum absolute atomic E-state index is 0.0196. The van der Waals surface area contributed by atoms with E-state index < -0.39 is 17.8 Å². The topological polar surface area (TPSA) is 124 Å². The van der Waals surface area contributed by atoms with Crippen molar-refractivity contribution in [3.8, 4) is 28.8 Å². The summed E-state index contributed by atoms with van der Waals surface area (Å²) in [6.45, 7) is 6.91. The van der Waals surface area contributed by atoms with Crippen molar-refractivity contribution in [2.75, 3.05) is 26.4 Å². The van der Waals surface area contributed by atoms with Crippen molar-refractivity contribution < 1.29 is 28.6 Å². The molecule has 4 rings (SSSR count). The number of aromatic nitrogens is 2. The first kappa shape index (κ1) is 30.0. The number of para-hydroxylation sites is 1. The largest absolute Gasteiger partial charge is 0.491 e. The molecule has 10 heteroatoms. The first-order chi connectivity index (χ1) is 20.2. The smallest absolute Gasteiger partial charge is 0.302 e. The van der Waals surface area contributed by atoms with Crippen LogP contribution in [0.2, 0.25) is 0 Å². The first-order valence-corrected chi connectivity index (χ1v) is 13.5. The molecule has 10 nitrogen and oxygen atoms in total. The second kappa shape index (κ2) is 13.6. The number of carbonyl (C=O) groups is 3. The highest BCUT2D eigenvalue weighted by molar-refractivity contribution is 6.19. The van der Waals surface area contributed by atoms with Gasteiger partial charge in [-0.1, -0.05) is 18.2 Å². The Bertz CT molecular complexity index is 1560. The van der Waals surface area contributed by atoms with Crippen molar-refractivity contribution in [3.05, 3.63) is 83.1 Å². The molecule has 0 N–H and O–H groups in total.